The zero-order valence-corrected chi connectivity index (χ0v) is 15.6. The highest BCUT2D eigenvalue weighted by atomic mass is 35.5. The highest BCUT2D eigenvalue weighted by Crippen LogP contribution is 2.41. The molecule has 5 nitrogen and oxygen atoms in total. The van der Waals surface area contributed by atoms with Gasteiger partial charge in [0.1, 0.15) is 11.7 Å². The van der Waals surface area contributed by atoms with Gasteiger partial charge in [-0.3, -0.25) is 4.79 Å². The summed E-state index contributed by atoms with van der Waals surface area (Å²) in [7, 11) is 0. The molecule has 0 saturated heterocycles. The summed E-state index contributed by atoms with van der Waals surface area (Å²) in [5.74, 6) is 0.211. The van der Waals surface area contributed by atoms with Gasteiger partial charge >= 0.3 is 0 Å². The number of hydrogen-bond donors (Lipinski definition) is 1. The molecule has 25 heavy (non-hydrogen) atoms. The van der Waals surface area contributed by atoms with Crippen LogP contribution < -0.4 is 10.1 Å². The maximum atomic E-state index is 12.1. The van der Waals surface area contributed by atoms with Gasteiger partial charge in [-0.15, -0.1) is 11.8 Å². The fourth-order valence-corrected chi connectivity index (χ4v) is 3.71. The number of carbonyl (C=O) groups excluding carboxylic acids is 1. The molecule has 1 amide bonds. The number of thioether (sulfide) groups is 1. The molecule has 1 aromatic carbocycles. The number of amides is 1. The summed E-state index contributed by atoms with van der Waals surface area (Å²) in [5, 5.41) is 22.5. The lowest BCUT2D eigenvalue weighted by Crippen LogP contribution is -2.44. The number of allylic oxidation sites excluding steroid dienone is 1. The quantitative estimate of drug-likeness (QED) is 0.762. The lowest BCUT2D eigenvalue weighted by Gasteiger charge is -2.34. The first-order valence-corrected chi connectivity index (χ1v) is 9.13. The van der Waals surface area contributed by atoms with Crippen LogP contribution >= 0.6 is 23.4 Å². The van der Waals surface area contributed by atoms with E-state index in [9.17, 15) is 15.3 Å². The van der Waals surface area contributed by atoms with E-state index < -0.39 is 11.3 Å². The SMILES string of the molecule is CC1(C)C(C#N)=C(SCCCOc2ccc(Cl)cc2)NC(=O)C1C#N. The van der Waals surface area contributed by atoms with Gasteiger partial charge in [-0.1, -0.05) is 25.4 Å². The van der Waals surface area contributed by atoms with E-state index >= 15 is 0 Å². The Balaban J connectivity index is 1.92. The molecule has 0 aliphatic carbocycles. The van der Waals surface area contributed by atoms with E-state index in [1.54, 1.807) is 38.1 Å². The molecule has 1 N–H and O–H groups in total. The molecule has 0 fully saturated rings. The second-order valence-electron chi connectivity index (χ2n) is 6.09. The Morgan fingerprint density at radius 3 is 2.60 bits per heavy atom. The molecule has 7 heteroatoms. The van der Waals surface area contributed by atoms with E-state index in [0.29, 0.717) is 28.0 Å². The van der Waals surface area contributed by atoms with Crippen molar-refractivity contribution in [1.82, 2.24) is 5.32 Å². The number of nitrogens with zero attached hydrogens (tertiary/aromatic N) is 2. The number of carbonyl (C=O) groups is 1. The van der Waals surface area contributed by atoms with Crippen molar-refractivity contribution in [2.45, 2.75) is 20.3 Å². The van der Waals surface area contributed by atoms with Gasteiger partial charge in [-0.25, -0.2) is 0 Å². The molecule has 1 atom stereocenters. The van der Waals surface area contributed by atoms with Crippen molar-refractivity contribution in [2.24, 2.45) is 11.3 Å². The standard InChI is InChI=1S/C18H18ClN3O2S/c1-18(2)14(10-20)16(23)22-17(15(18)11-21)25-9-3-8-24-13-6-4-12(19)5-7-13/h4-7,14H,3,8-9H2,1-2H3,(H,22,23). The van der Waals surface area contributed by atoms with E-state index in [-0.39, 0.29) is 5.91 Å². The van der Waals surface area contributed by atoms with E-state index in [1.807, 2.05) is 6.07 Å². The average molecular weight is 376 g/mol. The zero-order valence-electron chi connectivity index (χ0n) is 14.0. The number of ether oxygens (including phenoxy) is 1. The lowest BCUT2D eigenvalue weighted by molar-refractivity contribution is -0.125. The van der Waals surface area contributed by atoms with E-state index in [2.05, 4.69) is 11.4 Å². The molecular formula is C18H18ClN3O2S. The van der Waals surface area contributed by atoms with E-state index in [0.717, 1.165) is 12.2 Å². The van der Waals surface area contributed by atoms with Gasteiger partial charge in [0.15, 0.2) is 0 Å². The van der Waals surface area contributed by atoms with Crippen molar-refractivity contribution < 1.29 is 9.53 Å². The fraction of sp³-hybridized carbons (Fsp3) is 0.389. The predicted octanol–water partition coefficient (Wildman–Crippen LogP) is 3.87. The number of nitriles is 2. The van der Waals surface area contributed by atoms with Gasteiger partial charge in [0.2, 0.25) is 5.91 Å². The van der Waals surface area contributed by atoms with E-state index in [4.69, 9.17) is 16.3 Å². The fourth-order valence-electron chi connectivity index (χ4n) is 2.49. The van der Waals surface area contributed by atoms with Crippen LogP contribution in [0.15, 0.2) is 34.9 Å². The Morgan fingerprint density at radius 1 is 1.32 bits per heavy atom. The largest absolute Gasteiger partial charge is 0.494 e. The third-order valence-electron chi connectivity index (χ3n) is 3.95. The molecule has 0 spiro atoms. The third-order valence-corrected chi connectivity index (χ3v) is 5.29. The Hall–Kier alpha value is -2.15. The first kappa shape index (κ1) is 19.2. The van der Waals surface area contributed by atoms with Crippen LogP contribution in [0, 0.1) is 34.0 Å². The number of hydrogen-bond acceptors (Lipinski definition) is 5. The van der Waals surface area contributed by atoms with Crippen molar-refractivity contribution in [1.29, 1.82) is 10.5 Å². The summed E-state index contributed by atoms with van der Waals surface area (Å²) in [4.78, 5) is 12.1. The van der Waals surface area contributed by atoms with Crippen molar-refractivity contribution in [3.63, 3.8) is 0 Å². The van der Waals surface area contributed by atoms with Gasteiger partial charge in [-0.2, -0.15) is 10.5 Å². The molecule has 0 bridgehead atoms. The van der Waals surface area contributed by atoms with Crippen molar-refractivity contribution in [3.8, 4) is 17.9 Å². The van der Waals surface area contributed by atoms with Crippen LogP contribution in [-0.4, -0.2) is 18.3 Å². The molecule has 0 aromatic heterocycles. The smallest absolute Gasteiger partial charge is 0.243 e. The first-order valence-electron chi connectivity index (χ1n) is 7.76. The van der Waals surface area contributed by atoms with Crippen LogP contribution in [0.3, 0.4) is 0 Å². The van der Waals surface area contributed by atoms with Gasteiger partial charge in [-0.05, 0) is 30.7 Å². The average Bonchev–Trinajstić information content (AvgIpc) is 2.56. The second-order valence-corrected chi connectivity index (χ2v) is 7.63. The molecule has 0 radical (unpaired) electrons. The molecule has 1 heterocycles. The van der Waals surface area contributed by atoms with Crippen molar-refractivity contribution in [2.75, 3.05) is 12.4 Å². The molecular weight excluding hydrogens is 358 g/mol. The lowest BCUT2D eigenvalue weighted by atomic mass is 9.72. The molecule has 130 valence electrons. The van der Waals surface area contributed by atoms with Gasteiger partial charge in [0.25, 0.3) is 0 Å². The third kappa shape index (κ3) is 4.48. The molecule has 1 unspecified atom stereocenters. The summed E-state index contributed by atoms with van der Waals surface area (Å²) in [5.41, 5.74) is -0.351. The highest BCUT2D eigenvalue weighted by molar-refractivity contribution is 8.03. The zero-order chi connectivity index (χ0) is 18.4. The Bertz CT molecular complexity index is 760. The van der Waals surface area contributed by atoms with Crippen LogP contribution in [0.1, 0.15) is 20.3 Å². The summed E-state index contributed by atoms with van der Waals surface area (Å²) < 4.78 is 5.62. The molecule has 2 rings (SSSR count). The summed E-state index contributed by atoms with van der Waals surface area (Å²) in [6.45, 7) is 4.02. The Morgan fingerprint density at radius 2 is 2.00 bits per heavy atom. The monoisotopic (exact) mass is 375 g/mol. The normalized spacial score (nSPS) is 18.9. The number of benzene rings is 1. The summed E-state index contributed by atoms with van der Waals surface area (Å²) in [6.07, 6.45) is 0.744. The maximum absolute atomic E-state index is 12.1. The number of halogens is 1. The predicted molar refractivity (Wildman–Crippen MR) is 97.7 cm³/mol. The van der Waals surface area contributed by atoms with Crippen LogP contribution in [0.2, 0.25) is 5.02 Å². The number of rotatable bonds is 6. The van der Waals surface area contributed by atoms with E-state index in [1.165, 1.54) is 11.8 Å². The minimum atomic E-state index is -0.861. The van der Waals surface area contributed by atoms with Crippen LogP contribution in [0.25, 0.3) is 0 Å². The topological polar surface area (TPSA) is 85.9 Å². The minimum Gasteiger partial charge on any atom is -0.494 e. The highest BCUT2D eigenvalue weighted by Gasteiger charge is 2.44. The maximum Gasteiger partial charge on any atom is 0.243 e. The van der Waals surface area contributed by atoms with Crippen molar-refractivity contribution >= 4 is 29.3 Å². The molecule has 1 aliphatic rings. The molecule has 1 aromatic rings. The molecule has 0 saturated carbocycles. The van der Waals surface area contributed by atoms with Crippen LogP contribution in [0.4, 0.5) is 0 Å². The van der Waals surface area contributed by atoms with Crippen LogP contribution in [0.5, 0.6) is 5.75 Å². The van der Waals surface area contributed by atoms with Gasteiger partial charge in [0.05, 0.1) is 29.3 Å². The minimum absolute atomic E-state index is 0.355. The Labute approximate surface area is 156 Å². The van der Waals surface area contributed by atoms with Gasteiger partial charge < -0.3 is 10.1 Å². The van der Waals surface area contributed by atoms with Crippen LogP contribution in [-0.2, 0) is 4.79 Å². The van der Waals surface area contributed by atoms with Gasteiger partial charge in [0, 0.05) is 16.2 Å². The van der Waals surface area contributed by atoms with Crippen molar-refractivity contribution in [3.05, 3.63) is 39.9 Å². The number of nitrogens with one attached hydrogen (secondary N) is 1. The summed E-state index contributed by atoms with van der Waals surface area (Å²) >= 11 is 7.22. The molecule has 1 aliphatic heterocycles. The second kappa shape index (κ2) is 8.29. The first-order chi connectivity index (χ1) is 11.9. The Kier molecular flexibility index (Phi) is 6.36. The summed E-state index contributed by atoms with van der Waals surface area (Å²) in [6, 6.07) is 11.3.